The van der Waals surface area contributed by atoms with Crippen LogP contribution < -0.4 is 4.74 Å². The van der Waals surface area contributed by atoms with Crippen LogP contribution in [-0.4, -0.2) is 50.8 Å². The zero-order chi connectivity index (χ0) is 20.2. The van der Waals surface area contributed by atoms with Gasteiger partial charge in [0.2, 0.25) is 5.91 Å². The summed E-state index contributed by atoms with van der Waals surface area (Å²) in [5, 5.41) is 1.66. The lowest BCUT2D eigenvalue weighted by atomic mass is 10.1. The van der Waals surface area contributed by atoms with E-state index in [0.29, 0.717) is 28.7 Å². The average molecular weight is 420 g/mol. The van der Waals surface area contributed by atoms with Crippen LogP contribution in [-0.2, 0) is 11.3 Å². The topological polar surface area (TPSA) is 71.7 Å². The standard InChI is InChI=1S/C22H20N4O3S/c1-13(27)26-11-15-7-16(26)10-25(15)9-14-12-28-19-8-17(4-5-18(14)19)29-22-24-21-20(30-22)3-2-6-23-21/h2-6,8,12,15-16H,7,9-11H2,1H3/t15-,16-/m0/s1. The number of likely N-dealkylation sites (tertiary alicyclic amines) is 2. The van der Waals surface area contributed by atoms with Crippen molar-refractivity contribution in [3.05, 3.63) is 48.4 Å². The largest absolute Gasteiger partial charge is 0.464 e. The van der Waals surface area contributed by atoms with E-state index < -0.39 is 0 Å². The van der Waals surface area contributed by atoms with Crippen LogP contribution in [0.15, 0.2) is 47.2 Å². The van der Waals surface area contributed by atoms with E-state index >= 15 is 0 Å². The Balaban J connectivity index is 1.20. The SMILES string of the molecule is CC(=O)N1C[C@@H]2C[C@H]1CN2Cc1coc2cc(Oc3nc4ncccc4s3)ccc12. The number of carbonyl (C=O) groups excluding carboxylic acids is 1. The molecule has 0 unspecified atom stereocenters. The van der Waals surface area contributed by atoms with E-state index in [2.05, 4.69) is 14.9 Å². The van der Waals surface area contributed by atoms with Crippen molar-refractivity contribution in [2.45, 2.75) is 32.0 Å². The van der Waals surface area contributed by atoms with Gasteiger partial charge in [-0.2, -0.15) is 4.98 Å². The van der Waals surface area contributed by atoms with Gasteiger partial charge >= 0.3 is 0 Å². The van der Waals surface area contributed by atoms with Gasteiger partial charge in [0, 0.05) is 61.9 Å². The number of amides is 1. The molecule has 0 spiro atoms. The van der Waals surface area contributed by atoms with Crippen molar-refractivity contribution in [3.8, 4) is 10.9 Å². The molecule has 7 nitrogen and oxygen atoms in total. The molecule has 2 bridgehead atoms. The lowest BCUT2D eigenvalue weighted by Gasteiger charge is -2.33. The molecule has 3 aromatic heterocycles. The van der Waals surface area contributed by atoms with Gasteiger partial charge in [-0.1, -0.05) is 11.3 Å². The molecule has 4 aromatic rings. The molecule has 5 heterocycles. The number of nitrogens with zero attached hydrogens (tertiary/aromatic N) is 4. The van der Waals surface area contributed by atoms with Crippen LogP contribution in [0.4, 0.5) is 0 Å². The lowest BCUT2D eigenvalue weighted by molar-refractivity contribution is -0.131. The number of thiazole rings is 1. The molecule has 0 aliphatic carbocycles. The molecule has 6 rings (SSSR count). The van der Waals surface area contributed by atoms with Crippen molar-refractivity contribution in [2.75, 3.05) is 13.1 Å². The Labute approximate surface area is 176 Å². The zero-order valence-corrected chi connectivity index (χ0v) is 17.3. The van der Waals surface area contributed by atoms with Gasteiger partial charge in [0.25, 0.3) is 5.19 Å². The Morgan fingerprint density at radius 1 is 1.30 bits per heavy atom. The second-order valence-electron chi connectivity index (χ2n) is 7.97. The Morgan fingerprint density at radius 3 is 3.03 bits per heavy atom. The smallest absolute Gasteiger partial charge is 0.281 e. The van der Waals surface area contributed by atoms with Crippen LogP contribution in [0.25, 0.3) is 21.3 Å². The first-order valence-electron chi connectivity index (χ1n) is 10.0. The second kappa shape index (κ2) is 6.78. The van der Waals surface area contributed by atoms with Gasteiger partial charge in [0.05, 0.1) is 11.0 Å². The molecule has 8 heteroatoms. The van der Waals surface area contributed by atoms with Crippen molar-refractivity contribution in [3.63, 3.8) is 0 Å². The summed E-state index contributed by atoms with van der Waals surface area (Å²) in [6, 6.07) is 10.6. The summed E-state index contributed by atoms with van der Waals surface area (Å²) in [6.07, 6.45) is 4.64. The van der Waals surface area contributed by atoms with Crippen LogP contribution in [0.1, 0.15) is 18.9 Å². The van der Waals surface area contributed by atoms with Crippen LogP contribution in [0.2, 0.25) is 0 Å². The molecule has 0 radical (unpaired) electrons. The fourth-order valence-electron chi connectivity index (χ4n) is 4.69. The molecular formula is C22H20N4O3S. The lowest BCUT2D eigenvalue weighted by Crippen LogP contribution is -2.47. The van der Waals surface area contributed by atoms with Crippen molar-refractivity contribution >= 4 is 38.6 Å². The van der Waals surface area contributed by atoms with E-state index in [-0.39, 0.29) is 5.91 Å². The maximum absolute atomic E-state index is 11.7. The van der Waals surface area contributed by atoms with Gasteiger partial charge in [0.1, 0.15) is 11.3 Å². The zero-order valence-electron chi connectivity index (χ0n) is 16.4. The van der Waals surface area contributed by atoms with Crippen LogP contribution in [0, 0.1) is 0 Å². The Kier molecular flexibility index (Phi) is 4.04. The van der Waals surface area contributed by atoms with Gasteiger partial charge in [-0.3, -0.25) is 9.69 Å². The minimum absolute atomic E-state index is 0.187. The van der Waals surface area contributed by atoms with E-state index in [0.717, 1.165) is 41.7 Å². The molecule has 0 saturated carbocycles. The van der Waals surface area contributed by atoms with Crippen molar-refractivity contribution in [1.29, 1.82) is 0 Å². The first kappa shape index (κ1) is 17.9. The third-order valence-electron chi connectivity index (χ3n) is 6.11. The highest BCUT2D eigenvalue weighted by Gasteiger charge is 2.44. The monoisotopic (exact) mass is 420 g/mol. The molecule has 30 heavy (non-hydrogen) atoms. The second-order valence-corrected chi connectivity index (χ2v) is 8.96. The number of fused-ring (bicyclic) bond motifs is 4. The van der Waals surface area contributed by atoms with Gasteiger partial charge in [-0.05, 0) is 30.7 Å². The summed E-state index contributed by atoms with van der Waals surface area (Å²) >= 11 is 1.47. The first-order chi connectivity index (χ1) is 14.6. The maximum Gasteiger partial charge on any atom is 0.281 e. The third-order valence-corrected chi connectivity index (χ3v) is 7.00. The summed E-state index contributed by atoms with van der Waals surface area (Å²) in [5.41, 5.74) is 2.67. The quantitative estimate of drug-likeness (QED) is 0.496. The molecule has 2 fully saturated rings. The highest BCUT2D eigenvalue weighted by molar-refractivity contribution is 7.20. The molecule has 1 amide bonds. The number of aromatic nitrogens is 2. The van der Waals surface area contributed by atoms with Gasteiger partial charge < -0.3 is 14.1 Å². The normalized spacial score (nSPS) is 21.2. The minimum atomic E-state index is 0.187. The molecule has 2 saturated heterocycles. The summed E-state index contributed by atoms with van der Waals surface area (Å²) in [5.74, 6) is 0.882. The molecular weight excluding hydrogens is 400 g/mol. The molecule has 2 atom stereocenters. The van der Waals surface area contributed by atoms with Gasteiger partial charge in [-0.15, -0.1) is 0 Å². The number of benzene rings is 1. The Hall–Kier alpha value is -2.97. The average Bonchev–Trinajstić information content (AvgIpc) is 3.50. The number of carbonyl (C=O) groups is 1. The molecule has 2 aliphatic heterocycles. The number of ether oxygens (including phenoxy) is 1. The van der Waals surface area contributed by atoms with E-state index in [1.165, 1.54) is 16.9 Å². The number of hydrogen-bond acceptors (Lipinski definition) is 7. The predicted molar refractivity (Wildman–Crippen MR) is 114 cm³/mol. The molecule has 1 aromatic carbocycles. The fourth-order valence-corrected chi connectivity index (χ4v) is 5.49. The maximum atomic E-state index is 11.7. The van der Waals surface area contributed by atoms with Crippen LogP contribution in [0.3, 0.4) is 0 Å². The van der Waals surface area contributed by atoms with E-state index in [4.69, 9.17) is 9.15 Å². The molecule has 152 valence electrons. The van der Waals surface area contributed by atoms with Gasteiger partial charge in [-0.25, -0.2) is 4.98 Å². The Bertz CT molecular complexity index is 1230. The minimum Gasteiger partial charge on any atom is -0.464 e. The number of furan rings is 1. The highest BCUT2D eigenvalue weighted by Crippen LogP contribution is 2.35. The van der Waals surface area contributed by atoms with Crippen LogP contribution >= 0.6 is 11.3 Å². The van der Waals surface area contributed by atoms with E-state index in [9.17, 15) is 4.79 Å². The van der Waals surface area contributed by atoms with Crippen LogP contribution in [0.5, 0.6) is 10.9 Å². The van der Waals surface area contributed by atoms with E-state index in [1.807, 2.05) is 41.5 Å². The van der Waals surface area contributed by atoms with Crippen molar-refractivity contribution in [2.24, 2.45) is 0 Å². The third kappa shape index (κ3) is 2.95. The molecule has 0 N–H and O–H groups in total. The first-order valence-corrected chi connectivity index (χ1v) is 10.9. The highest BCUT2D eigenvalue weighted by atomic mass is 32.1. The Morgan fingerprint density at radius 2 is 2.23 bits per heavy atom. The summed E-state index contributed by atoms with van der Waals surface area (Å²) in [7, 11) is 0. The number of pyridine rings is 1. The predicted octanol–water partition coefficient (Wildman–Crippen LogP) is 4.03. The fraction of sp³-hybridized carbons (Fsp3) is 0.318. The van der Waals surface area contributed by atoms with Crippen molar-refractivity contribution in [1.82, 2.24) is 19.8 Å². The summed E-state index contributed by atoms with van der Waals surface area (Å²) in [6.45, 7) is 4.28. The number of piperazine rings is 1. The van der Waals surface area contributed by atoms with Gasteiger partial charge in [0.15, 0.2) is 5.65 Å². The summed E-state index contributed by atoms with van der Waals surface area (Å²) in [4.78, 5) is 24.9. The number of rotatable bonds is 4. The van der Waals surface area contributed by atoms with Crippen molar-refractivity contribution < 1.29 is 13.9 Å². The number of hydrogen-bond donors (Lipinski definition) is 0. The summed E-state index contributed by atoms with van der Waals surface area (Å²) < 4.78 is 12.8. The van der Waals surface area contributed by atoms with E-state index in [1.54, 1.807) is 13.1 Å². The molecule has 2 aliphatic rings.